The van der Waals surface area contributed by atoms with Crippen LogP contribution in [-0.4, -0.2) is 59.2 Å². The van der Waals surface area contributed by atoms with Crippen LogP contribution in [0.3, 0.4) is 0 Å². The molecule has 1 aliphatic heterocycles. The molecule has 1 amide bonds. The summed E-state index contributed by atoms with van der Waals surface area (Å²) in [6.45, 7) is 2.90. The van der Waals surface area contributed by atoms with E-state index in [1.807, 2.05) is 24.0 Å². The van der Waals surface area contributed by atoms with Gasteiger partial charge in [0.05, 0.1) is 24.3 Å². The predicted octanol–water partition coefficient (Wildman–Crippen LogP) is 1.32. The molecule has 0 radical (unpaired) electrons. The normalized spacial score (nSPS) is 20.4. The molecule has 2 atom stereocenters. The number of aromatic nitrogens is 2. The van der Waals surface area contributed by atoms with Crippen molar-refractivity contribution in [2.24, 2.45) is 5.92 Å². The van der Waals surface area contributed by atoms with Crippen molar-refractivity contribution in [3.05, 3.63) is 30.5 Å². The Kier molecular flexibility index (Phi) is 4.53. The van der Waals surface area contributed by atoms with Crippen molar-refractivity contribution in [1.29, 1.82) is 0 Å². The lowest BCUT2D eigenvalue weighted by Crippen LogP contribution is -2.28. The van der Waals surface area contributed by atoms with Gasteiger partial charge in [0, 0.05) is 51.2 Å². The number of aliphatic hydroxyl groups excluding tert-OH is 1. The molecule has 128 valence electrons. The first-order chi connectivity index (χ1) is 11.4. The highest BCUT2D eigenvalue weighted by atomic mass is 16.3. The number of furan rings is 1. The van der Waals surface area contributed by atoms with Crippen molar-refractivity contribution >= 4 is 11.7 Å². The predicted molar refractivity (Wildman–Crippen MR) is 89.5 cm³/mol. The summed E-state index contributed by atoms with van der Waals surface area (Å²) in [4.78, 5) is 24.4. The van der Waals surface area contributed by atoms with Gasteiger partial charge in [-0.2, -0.15) is 0 Å². The van der Waals surface area contributed by atoms with E-state index < -0.39 is 6.10 Å². The van der Waals surface area contributed by atoms with E-state index in [1.165, 1.54) is 0 Å². The summed E-state index contributed by atoms with van der Waals surface area (Å²) in [5, 5.41) is 10.3. The number of rotatable bonds is 4. The van der Waals surface area contributed by atoms with Gasteiger partial charge in [-0.05, 0) is 13.0 Å². The van der Waals surface area contributed by atoms with E-state index in [4.69, 9.17) is 4.42 Å². The summed E-state index contributed by atoms with van der Waals surface area (Å²) in [5.41, 5.74) is 1.68. The van der Waals surface area contributed by atoms with Crippen molar-refractivity contribution in [3.63, 3.8) is 0 Å². The lowest BCUT2D eigenvalue weighted by Gasteiger charge is -2.18. The van der Waals surface area contributed by atoms with E-state index in [9.17, 15) is 9.90 Å². The Morgan fingerprint density at radius 1 is 1.42 bits per heavy atom. The van der Waals surface area contributed by atoms with Crippen molar-refractivity contribution in [1.82, 2.24) is 14.9 Å². The van der Waals surface area contributed by atoms with Crippen molar-refractivity contribution in [2.45, 2.75) is 19.4 Å². The third-order valence-corrected chi connectivity index (χ3v) is 4.31. The summed E-state index contributed by atoms with van der Waals surface area (Å²) in [5.74, 6) is 1.36. The summed E-state index contributed by atoms with van der Waals surface area (Å²) < 4.78 is 5.12. The number of aryl methyl sites for hydroxylation is 1. The van der Waals surface area contributed by atoms with Crippen LogP contribution < -0.4 is 4.90 Å². The number of anilines is 1. The van der Waals surface area contributed by atoms with Crippen LogP contribution in [0.15, 0.2) is 29.1 Å². The minimum absolute atomic E-state index is 0.0267. The van der Waals surface area contributed by atoms with Crippen LogP contribution in [0.4, 0.5) is 5.82 Å². The highest BCUT2D eigenvalue weighted by molar-refractivity contribution is 5.76. The molecular weight excluding hydrogens is 308 g/mol. The number of aliphatic hydroxyl groups is 1. The van der Waals surface area contributed by atoms with Gasteiger partial charge in [0.25, 0.3) is 0 Å². The number of carbonyl (C=O) groups excluding carboxylic acids is 1. The van der Waals surface area contributed by atoms with Gasteiger partial charge in [-0.15, -0.1) is 0 Å². The first-order valence-corrected chi connectivity index (χ1v) is 7.95. The summed E-state index contributed by atoms with van der Waals surface area (Å²) in [6.07, 6.45) is 3.04. The van der Waals surface area contributed by atoms with Crippen molar-refractivity contribution in [2.75, 3.05) is 32.1 Å². The number of amides is 1. The average molecular weight is 330 g/mol. The molecular formula is C17H22N4O3. The molecule has 0 aliphatic carbocycles. The maximum absolute atomic E-state index is 11.9. The highest BCUT2D eigenvalue weighted by Gasteiger charge is 2.34. The molecule has 2 aromatic rings. The molecule has 0 bridgehead atoms. The molecule has 1 aliphatic rings. The van der Waals surface area contributed by atoms with E-state index in [2.05, 4.69) is 9.97 Å². The highest BCUT2D eigenvalue weighted by Crippen LogP contribution is 2.28. The Bertz CT molecular complexity index is 715. The average Bonchev–Trinajstić information content (AvgIpc) is 3.17. The number of carbonyl (C=O) groups is 1. The minimum Gasteiger partial charge on any atom is -0.472 e. The Morgan fingerprint density at radius 2 is 2.21 bits per heavy atom. The minimum atomic E-state index is -0.540. The van der Waals surface area contributed by atoms with E-state index >= 15 is 0 Å². The molecule has 3 rings (SSSR count). The van der Waals surface area contributed by atoms with Gasteiger partial charge in [-0.3, -0.25) is 4.79 Å². The maximum atomic E-state index is 11.9. The first kappa shape index (κ1) is 16.4. The van der Waals surface area contributed by atoms with Crippen LogP contribution in [0.1, 0.15) is 12.2 Å². The van der Waals surface area contributed by atoms with Gasteiger partial charge in [0.1, 0.15) is 11.6 Å². The topological polar surface area (TPSA) is 82.7 Å². The molecule has 1 N–H and O–H groups in total. The van der Waals surface area contributed by atoms with Crippen LogP contribution in [0.5, 0.6) is 0 Å². The third-order valence-electron chi connectivity index (χ3n) is 4.31. The fourth-order valence-electron chi connectivity index (χ4n) is 2.92. The van der Waals surface area contributed by atoms with Gasteiger partial charge in [-0.25, -0.2) is 9.97 Å². The number of β-amino-alcohol motifs (C(OH)–C–C–N with tert-alkyl or cyclic N) is 1. The molecule has 0 aromatic carbocycles. The molecule has 0 unspecified atom stereocenters. The summed E-state index contributed by atoms with van der Waals surface area (Å²) >= 11 is 0. The molecule has 7 heteroatoms. The smallest absolute Gasteiger partial charge is 0.222 e. The Morgan fingerprint density at radius 3 is 2.88 bits per heavy atom. The number of hydrogen-bond acceptors (Lipinski definition) is 6. The quantitative estimate of drug-likeness (QED) is 0.910. The Balaban J connectivity index is 1.79. The molecule has 2 aromatic heterocycles. The second-order valence-electron chi connectivity index (χ2n) is 6.40. The fraction of sp³-hybridized carbons (Fsp3) is 0.471. The summed E-state index contributed by atoms with van der Waals surface area (Å²) in [6, 6.07) is 3.74. The van der Waals surface area contributed by atoms with Crippen LogP contribution >= 0.6 is 0 Å². The number of nitrogens with zero attached hydrogens (tertiary/aromatic N) is 4. The van der Waals surface area contributed by atoms with Crippen LogP contribution in [0.25, 0.3) is 11.3 Å². The van der Waals surface area contributed by atoms with Crippen molar-refractivity contribution in [3.8, 4) is 11.3 Å². The first-order valence-electron chi connectivity index (χ1n) is 7.95. The van der Waals surface area contributed by atoms with Crippen LogP contribution in [-0.2, 0) is 4.79 Å². The lowest BCUT2D eigenvalue weighted by molar-refractivity contribution is -0.130. The molecule has 1 fully saturated rings. The number of hydrogen-bond donors (Lipinski definition) is 1. The van der Waals surface area contributed by atoms with Gasteiger partial charge in [0.2, 0.25) is 5.91 Å². The SMILES string of the molecule is Cc1nc(-c2ccoc2)cc(N2C[C@@H](CC(=O)N(C)C)[C@H](O)C2)n1. The zero-order chi connectivity index (χ0) is 17.3. The molecule has 0 saturated carbocycles. The standard InChI is InChI=1S/C17H22N4O3/c1-11-18-14(12-4-5-24-10-12)7-16(19-11)21-8-13(15(22)9-21)6-17(23)20(2)3/h4-5,7,10,13,15,22H,6,8-9H2,1-3H3/t13-,15-/m1/s1. The fourth-order valence-corrected chi connectivity index (χ4v) is 2.92. The van der Waals surface area contributed by atoms with Gasteiger partial charge in [0.15, 0.2) is 0 Å². The van der Waals surface area contributed by atoms with Crippen molar-refractivity contribution < 1.29 is 14.3 Å². The maximum Gasteiger partial charge on any atom is 0.222 e. The molecule has 0 spiro atoms. The summed E-state index contributed by atoms with van der Waals surface area (Å²) in [7, 11) is 3.46. The Hall–Kier alpha value is -2.41. The van der Waals surface area contributed by atoms with E-state index in [-0.39, 0.29) is 11.8 Å². The third kappa shape index (κ3) is 3.41. The van der Waals surface area contributed by atoms with E-state index in [0.717, 1.165) is 17.1 Å². The second kappa shape index (κ2) is 6.60. The lowest BCUT2D eigenvalue weighted by atomic mass is 10.0. The van der Waals surface area contributed by atoms with Gasteiger partial charge < -0.3 is 19.3 Å². The zero-order valence-electron chi connectivity index (χ0n) is 14.1. The second-order valence-corrected chi connectivity index (χ2v) is 6.40. The van der Waals surface area contributed by atoms with E-state index in [0.29, 0.717) is 25.3 Å². The van der Waals surface area contributed by atoms with Gasteiger partial charge >= 0.3 is 0 Å². The largest absolute Gasteiger partial charge is 0.472 e. The zero-order valence-corrected chi connectivity index (χ0v) is 14.1. The van der Waals surface area contributed by atoms with Crippen LogP contribution in [0, 0.1) is 12.8 Å². The molecule has 24 heavy (non-hydrogen) atoms. The molecule has 7 nitrogen and oxygen atoms in total. The van der Waals surface area contributed by atoms with Crippen LogP contribution in [0.2, 0.25) is 0 Å². The monoisotopic (exact) mass is 330 g/mol. The Labute approximate surface area is 140 Å². The van der Waals surface area contributed by atoms with E-state index in [1.54, 1.807) is 31.5 Å². The molecule has 3 heterocycles. The van der Waals surface area contributed by atoms with Gasteiger partial charge in [-0.1, -0.05) is 0 Å². The molecule has 1 saturated heterocycles.